The van der Waals surface area contributed by atoms with Crippen LogP contribution in [0.15, 0.2) is 17.1 Å². The van der Waals surface area contributed by atoms with Crippen LogP contribution in [0.5, 0.6) is 0 Å². The maximum Gasteiger partial charge on any atom is 0.251 e. The molecule has 0 atom stereocenters. The number of aromatic nitrogens is 4. The third-order valence-electron chi connectivity index (χ3n) is 3.25. The highest BCUT2D eigenvalue weighted by Gasteiger charge is 2.26. The molecule has 0 radical (unpaired) electrons. The predicted molar refractivity (Wildman–Crippen MR) is 63.8 cm³/mol. The Bertz CT molecular complexity index is 622. The molecule has 0 amide bonds. The van der Waals surface area contributed by atoms with E-state index in [4.69, 9.17) is 0 Å². The molecule has 2 heterocycles. The third kappa shape index (κ3) is 1.77. The van der Waals surface area contributed by atoms with Gasteiger partial charge >= 0.3 is 0 Å². The molecule has 3 rings (SSSR count). The van der Waals surface area contributed by atoms with Crippen molar-refractivity contribution in [2.75, 3.05) is 0 Å². The van der Waals surface area contributed by atoms with Gasteiger partial charge in [-0.15, -0.1) is 0 Å². The first kappa shape index (κ1) is 10.3. The van der Waals surface area contributed by atoms with Crippen LogP contribution >= 0.6 is 0 Å². The molecule has 5 nitrogen and oxygen atoms in total. The summed E-state index contributed by atoms with van der Waals surface area (Å²) < 4.78 is 1.78. The summed E-state index contributed by atoms with van der Waals surface area (Å²) in [5, 5.41) is 4.17. The maximum absolute atomic E-state index is 11.6. The van der Waals surface area contributed by atoms with Crippen molar-refractivity contribution in [3.05, 3.63) is 34.0 Å². The summed E-state index contributed by atoms with van der Waals surface area (Å²) in [5.74, 6) is 1.11. The molecule has 88 valence electrons. The molecule has 2 aromatic heterocycles. The van der Waals surface area contributed by atoms with E-state index in [9.17, 15) is 4.79 Å². The van der Waals surface area contributed by atoms with E-state index in [2.05, 4.69) is 15.1 Å². The fourth-order valence-corrected chi connectivity index (χ4v) is 1.92. The number of hydrogen-bond donors (Lipinski definition) is 1. The van der Waals surface area contributed by atoms with Crippen LogP contribution in [0, 0.1) is 6.92 Å². The summed E-state index contributed by atoms with van der Waals surface area (Å²) in [4.78, 5) is 18.9. The van der Waals surface area contributed by atoms with Crippen molar-refractivity contribution in [2.24, 2.45) is 7.05 Å². The highest BCUT2D eigenvalue weighted by molar-refractivity contribution is 5.56. The minimum atomic E-state index is -0.0832. The van der Waals surface area contributed by atoms with E-state index in [-0.39, 0.29) is 5.56 Å². The SMILES string of the molecule is Cc1c(-c2nc(C3CC3)cc(=O)[nH]2)cnn1C. The summed E-state index contributed by atoms with van der Waals surface area (Å²) in [6.45, 7) is 1.96. The first-order chi connectivity index (χ1) is 8.15. The van der Waals surface area contributed by atoms with E-state index >= 15 is 0 Å². The summed E-state index contributed by atoms with van der Waals surface area (Å²) in [5.41, 5.74) is 2.72. The molecule has 0 bridgehead atoms. The molecule has 1 N–H and O–H groups in total. The molecular weight excluding hydrogens is 216 g/mol. The van der Waals surface area contributed by atoms with E-state index in [0.717, 1.165) is 29.8 Å². The fourth-order valence-electron chi connectivity index (χ4n) is 1.92. The van der Waals surface area contributed by atoms with Gasteiger partial charge in [0.1, 0.15) is 5.82 Å². The van der Waals surface area contributed by atoms with Crippen LogP contribution in [0.1, 0.15) is 30.1 Å². The van der Waals surface area contributed by atoms with Gasteiger partial charge in [-0.25, -0.2) is 4.98 Å². The predicted octanol–water partition coefficient (Wildman–Crippen LogP) is 1.36. The summed E-state index contributed by atoms with van der Waals surface area (Å²) in [6, 6.07) is 1.60. The largest absolute Gasteiger partial charge is 0.306 e. The van der Waals surface area contributed by atoms with Crippen LogP contribution in [-0.4, -0.2) is 19.7 Å². The number of nitrogens with zero attached hydrogens (tertiary/aromatic N) is 3. The van der Waals surface area contributed by atoms with Crippen molar-refractivity contribution in [1.82, 2.24) is 19.7 Å². The molecule has 1 aliphatic rings. The van der Waals surface area contributed by atoms with E-state index in [1.807, 2.05) is 14.0 Å². The van der Waals surface area contributed by atoms with Crippen molar-refractivity contribution in [3.63, 3.8) is 0 Å². The van der Waals surface area contributed by atoms with Gasteiger partial charge in [-0.05, 0) is 19.8 Å². The Morgan fingerprint density at radius 2 is 2.24 bits per heavy atom. The zero-order valence-corrected chi connectivity index (χ0v) is 9.90. The van der Waals surface area contributed by atoms with E-state index in [1.165, 1.54) is 0 Å². The van der Waals surface area contributed by atoms with Crippen molar-refractivity contribution in [1.29, 1.82) is 0 Å². The van der Waals surface area contributed by atoms with Crippen LogP contribution < -0.4 is 5.56 Å². The number of aromatic amines is 1. The number of rotatable bonds is 2. The normalized spacial score (nSPS) is 15.2. The van der Waals surface area contributed by atoms with Gasteiger partial charge in [-0.1, -0.05) is 0 Å². The quantitative estimate of drug-likeness (QED) is 0.847. The average molecular weight is 230 g/mol. The van der Waals surface area contributed by atoms with Crippen LogP contribution in [0.3, 0.4) is 0 Å². The van der Waals surface area contributed by atoms with Crippen LogP contribution in [0.4, 0.5) is 0 Å². The Labute approximate surface area is 98.5 Å². The second-order valence-corrected chi connectivity index (χ2v) is 4.56. The fraction of sp³-hybridized carbons (Fsp3) is 0.417. The molecule has 0 saturated heterocycles. The van der Waals surface area contributed by atoms with Gasteiger partial charge in [0.25, 0.3) is 5.56 Å². The number of hydrogen-bond acceptors (Lipinski definition) is 3. The first-order valence-corrected chi connectivity index (χ1v) is 5.75. The standard InChI is InChI=1S/C12H14N4O/c1-7-9(6-13-16(7)2)12-14-10(8-3-4-8)5-11(17)15-12/h5-6,8H,3-4H2,1-2H3,(H,14,15,17). The molecule has 1 saturated carbocycles. The van der Waals surface area contributed by atoms with Gasteiger partial charge in [-0.2, -0.15) is 5.10 Å². The summed E-state index contributed by atoms with van der Waals surface area (Å²) in [6.07, 6.45) is 4.02. The van der Waals surface area contributed by atoms with Crippen LogP contribution in [0.2, 0.25) is 0 Å². The Balaban J connectivity index is 2.14. The molecule has 5 heteroatoms. The second-order valence-electron chi connectivity index (χ2n) is 4.56. The molecule has 2 aromatic rings. The van der Waals surface area contributed by atoms with Gasteiger partial charge < -0.3 is 4.98 Å². The molecule has 0 aromatic carbocycles. The lowest BCUT2D eigenvalue weighted by atomic mass is 10.2. The molecule has 0 spiro atoms. The lowest BCUT2D eigenvalue weighted by molar-refractivity contribution is 0.740. The second kappa shape index (κ2) is 3.55. The zero-order valence-electron chi connectivity index (χ0n) is 9.90. The minimum Gasteiger partial charge on any atom is -0.306 e. The van der Waals surface area contributed by atoms with Gasteiger partial charge in [0.15, 0.2) is 0 Å². The highest BCUT2D eigenvalue weighted by Crippen LogP contribution is 2.38. The Morgan fingerprint density at radius 1 is 1.47 bits per heavy atom. The van der Waals surface area contributed by atoms with Gasteiger partial charge in [0, 0.05) is 24.7 Å². The van der Waals surface area contributed by atoms with Crippen LogP contribution in [-0.2, 0) is 7.05 Å². The number of H-pyrrole nitrogens is 1. The lowest BCUT2D eigenvalue weighted by Crippen LogP contribution is -2.10. The highest BCUT2D eigenvalue weighted by atomic mass is 16.1. The number of nitrogens with one attached hydrogen (secondary N) is 1. The van der Waals surface area contributed by atoms with Gasteiger partial charge in [0.2, 0.25) is 0 Å². The number of aryl methyl sites for hydroxylation is 1. The first-order valence-electron chi connectivity index (χ1n) is 5.75. The van der Waals surface area contributed by atoms with E-state index in [0.29, 0.717) is 11.7 Å². The molecule has 0 unspecified atom stereocenters. The monoisotopic (exact) mass is 230 g/mol. The Morgan fingerprint density at radius 3 is 2.82 bits per heavy atom. The van der Waals surface area contributed by atoms with Crippen LogP contribution in [0.25, 0.3) is 11.4 Å². The topological polar surface area (TPSA) is 63.6 Å². The Hall–Kier alpha value is -1.91. The van der Waals surface area contributed by atoms with Crippen molar-refractivity contribution < 1.29 is 0 Å². The average Bonchev–Trinajstić information content (AvgIpc) is 3.07. The van der Waals surface area contributed by atoms with E-state index in [1.54, 1.807) is 16.9 Å². The smallest absolute Gasteiger partial charge is 0.251 e. The van der Waals surface area contributed by atoms with Crippen molar-refractivity contribution in [3.8, 4) is 11.4 Å². The summed E-state index contributed by atoms with van der Waals surface area (Å²) >= 11 is 0. The van der Waals surface area contributed by atoms with Gasteiger partial charge in [-0.3, -0.25) is 9.48 Å². The van der Waals surface area contributed by atoms with Crippen molar-refractivity contribution in [2.45, 2.75) is 25.7 Å². The minimum absolute atomic E-state index is 0.0832. The Kier molecular flexibility index (Phi) is 2.14. The lowest BCUT2D eigenvalue weighted by Gasteiger charge is -2.02. The third-order valence-corrected chi connectivity index (χ3v) is 3.25. The van der Waals surface area contributed by atoms with Gasteiger partial charge in [0.05, 0.1) is 17.5 Å². The molecule has 0 aliphatic heterocycles. The summed E-state index contributed by atoms with van der Waals surface area (Å²) in [7, 11) is 1.88. The molecule has 17 heavy (non-hydrogen) atoms. The zero-order chi connectivity index (χ0) is 12.0. The van der Waals surface area contributed by atoms with Crippen molar-refractivity contribution >= 4 is 0 Å². The molecular formula is C12H14N4O. The molecule has 1 fully saturated rings. The molecule has 1 aliphatic carbocycles. The maximum atomic E-state index is 11.6. The van der Waals surface area contributed by atoms with E-state index < -0.39 is 0 Å².